The minimum Gasteiger partial charge on any atom is -0.478 e. The van der Waals surface area contributed by atoms with Crippen molar-refractivity contribution < 1.29 is 19.6 Å². The molecule has 2 rings (SSSR count). The molecule has 0 unspecified atom stereocenters. The van der Waals surface area contributed by atoms with Crippen molar-refractivity contribution in [3.8, 4) is 0 Å². The summed E-state index contributed by atoms with van der Waals surface area (Å²) in [6.45, 7) is 0. The maximum absolute atomic E-state index is 12.1. The van der Waals surface area contributed by atoms with Gasteiger partial charge in [0.1, 0.15) is 0 Å². The minimum atomic E-state index is -1.24. The molecule has 2 aromatic carbocycles. The first-order chi connectivity index (χ1) is 10.8. The lowest BCUT2D eigenvalue weighted by atomic mass is 10.1. The van der Waals surface area contributed by atoms with E-state index in [2.05, 4.69) is 5.32 Å². The fraction of sp³-hybridized carbons (Fsp3) is 0. The molecule has 0 aliphatic heterocycles. The number of anilines is 1. The van der Waals surface area contributed by atoms with Crippen molar-refractivity contribution in [2.75, 3.05) is 5.32 Å². The molecule has 118 valence electrons. The number of nitrogens with zero attached hydrogens (tertiary/aromatic N) is 1. The van der Waals surface area contributed by atoms with Gasteiger partial charge in [-0.15, -0.1) is 0 Å². The summed E-state index contributed by atoms with van der Waals surface area (Å²) in [6, 6.07) is 7.36. The Balaban J connectivity index is 2.27. The van der Waals surface area contributed by atoms with Crippen molar-refractivity contribution in [2.45, 2.75) is 0 Å². The standard InChI is InChI=1S/C14H8Cl2N2O5/c15-11-4-1-7(5-10(11)14(20)21)17-13(19)9-3-2-8(18(22)23)6-12(9)16/h1-6H,(H,17,19)(H,20,21). The highest BCUT2D eigenvalue weighted by Gasteiger charge is 2.16. The number of non-ortho nitro benzene ring substituents is 1. The van der Waals surface area contributed by atoms with Gasteiger partial charge in [-0.25, -0.2) is 4.79 Å². The first-order valence-electron chi connectivity index (χ1n) is 6.07. The number of hydrogen-bond donors (Lipinski definition) is 2. The summed E-state index contributed by atoms with van der Waals surface area (Å²) in [5, 5.41) is 22.0. The van der Waals surface area contributed by atoms with Crippen molar-refractivity contribution in [2.24, 2.45) is 0 Å². The van der Waals surface area contributed by atoms with Gasteiger partial charge >= 0.3 is 5.97 Å². The molecule has 7 nitrogen and oxygen atoms in total. The number of hydrogen-bond acceptors (Lipinski definition) is 4. The average Bonchev–Trinajstić information content (AvgIpc) is 2.48. The number of amides is 1. The van der Waals surface area contributed by atoms with E-state index in [1.54, 1.807) is 0 Å². The van der Waals surface area contributed by atoms with Crippen molar-refractivity contribution in [3.05, 3.63) is 67.7 Å². The van der Waals surface area contributed by atoms with Gasteiger partial charge in [0.15, 0.2) is 0 Å². The summed E-state index contributed by atoms with van der Waals surface area (Å²) >= 11 is 11.6. The van der Waals surface area contributed by atoms with Crippen molar-refractivity contribution in [1.82, 2.24) is 0 Å². The Bertz CT molecular complexity index is 823. The number of carbonyl (C=O) groups excluding carboxylic acids is 1. The van der Waals surface area contributed by atoms with Crippen LogP contribution in [0.25, 0.3) is 0 Å². The zero-order valence-electron chi connectivity index (χ0n) is 11.2. The molecule has 1 amide bonds. The molecule has 9 heteroatoms. The van der Waals surface area contributed by atoms with Gasteiger partial charge in [0, 0.05) is 17.8 Å². The smallest absolute Gasteiger partial charge is 0.337 e. The van der Waals surface area contributed by atoms with Crippen LogP contribution in [0.15, 0.2) is 36.4 Å². The molecular weight excluding hydrogens is 347 g/mol. The molecule has 2 N–H and O–H groups in total. The molecule has 0 radical (unpaired) electrons. The fourth-order valence-corrected chi connectivity index (χ4v) is 2.23. The van der Waals surface area contributed by atoms with E-state index >= 15 is 0 Å². The Morgan fingerprint density at radius 2 is 1.74 bits per heavy atom. The molecule has 2 aromatic rings. The van der Waals surface area contributed by atoms with E-state index in [-0.39, 0.29) is 32.5 Å². The number of aromatic carboxylic acids is 1. The van der Waals surface area contributed by atoms with E-state index < -0.39 is 16.8 Å². The van der Waals surface area contributed by atoms with Gasteiger partial charge in [0.2, 0.25) is 0 Å². The van der Waals surface area contributed by atoms with E-state index in [0.29, 0.717) is 0 Å². The van der Waals surface area contributed by atoms with Crippen molar-refractivity contribution >= 4 is 46.5 Å². The summed E-state index contributed by atoms with van der Waals surface area (Å²) in [7, 11) is 0. The maximum Gasteiger partial charge on any atom is 0.337 e. The normalized spacial score (nSPS) is 10.2. The Morgan fingerprint density at radius 1 is 1.04 bits per heavy atom. The molecule has 0 spiro atoms. The molecule has 0 aromatic heterocycles. The number of carboxylic acids is 1. The van der Waals surface area contributed by atoms with Crippen LogP contribution in [-0.2, 0) is 0 Å². The Morgan fingerprint density at radius 3 is 2.30 bits per heavy atom. The predicted molar refractivity (Wildman–Crippen MR) is 84.5 cm³/mol. The molecule has 0 fully saturated rings. The van der Waals surface area contributed by atoms with Crippen molar-refractivity contribution in [3.63, 3.8) is 0 Å². The number of nitro groups is 1. The number of nitro benzene ring substituents is 1. The second-order valence-corrected chi connectivity index (χ2v) is 5.19. The predicted octanol–water partition coefficient (Wildman–Crippen LogP) is 3.85. The molecule has 0 aliphatic rings. The third-order valence-electron chi connectivity index (χ3n) is 2.86. The molecule has 0 atom stereocenters. The van der Waals surface area contributed by atoms with Crippen molar-refractivity contribution in [1.29, 1.82) is 0 Å². The van der Waals surface area contributed by atoms with Crippen LogP contribution in [0.3, 0.4) is 0 Å². The van der Waals surface area contributed by atoms with E-state index in [1.165, 1.54) is 24.3 Å². The van der Waals surface area contributed by atoms with E-state index in [9.17, 15) is 19.7 Å². The highest BCUT2D eigenvalue weighted by molar-refractivity contribution is 6.35. The summed E-state index contributed by atoms with van der Waals surface area (Å²) in [4.78, 5) is 33.1. The summed E-state index contributed by atoms with van der Waals surface area (Å²) in [5.74, 6) is -1.87. The van der Waals surface area contributed by atoms with Gasteiger partial charge < -0.3 is 10.4 Å². The monoisotopic (exact) mass is 354 g/mol. The lowest BCUT2D eigenvalue weighted by Gasteiger charge is -2.08. The largest absolute Gasteiger partial charge is 0.478 e. The molecule has 0 saturated heterocycles. The van der Waals surface area contributed by atoms with Gasteiger partial charge in [-0.05, 0) is 24.3 Å². The highest BCUT2D eigenvalue weighted by atomic mass is 35.5. The van der Waals surface area contributed by atoms with Crippen LogP contribution in [0.5, 0.6) is 0 Å². The molecule has 23 heavy (non-hydrogen) atoms. The van der Waals surface area contributed by atoms with E-state index in [1.807, 2.05) is 0 Å². The number of rotatable bonds is 4. The zero-order valence-corrected chi connectivity index (χ0v) is 12.8. The number of nitrogens with one attached hydrogen (secondary N) is 1. The quantitative estimate of drug-likeness (QED) is 0.639. The summed E-state index contributed by atoms with van der Waals surface area (Å²) in [5.41, 5.74) is -0.194. The van der Waals surface area contributed by atoms with Crippen LogP contribution in [0.1, 0.15) is 20.7 Å². The fourth-order valence-electron chi connectivity index (χ4n) is 1.77. The van der Waals surface area contributed by atoms with E-state index in [4.69, 9.17) is 28.3 Å². The average molecular weight is 355 g/mol. The summed E-state index contributed by atoms with van der Waals surface area (Å²) < 4.78 is 0. The molecule has 0 saturated carbocycles. The van der Waals surface area contributed by atoms with Crippen LogP contribution in [0.2, 0.25) is 10.0 Å². The highest BCUT2D eigenvalue weighted by Crippen LogP contribution is 2.25. The zero-order chi connectivity index (χ0) is 17.1. The second-order valence-electron chi connectivity index (χ2n) is 4.38. The molecule has 0 heterocycles. The molecular formula is C14H8Cl2N2O5. The number of carbonyl (C=O) groups is 2. The van der Waals surface area contributed by atoms with Crippen LogP contribution < -0.4 is 5.32 Å². The van der Waals surface area contributed by atoms with Gasteiger partial charge in [-0.1, -0.05) is 23.2 Å². The number of carboxylic acid groups (broad SMARTS) is 1. The SMILES string of the molecule is O=C(O)c1cc(NC(=O)c2ccc([N+](=O)[O-])cc2Cl)ccc1Cl. The minimum absolute atomic E-state index is 0.0177. The first kappa shape index (κ1) is 16.7. The van der Waals surface area contributed by atoms with Crippen LogP contribution >= 0.6 is 23.2 Å². The maximum atomic E-state index is 12.1. The number of halogens is 2. The van der Waals surface area contributed by atoms with Gasteiger partial charge in [0.25, 0.3) is 11.6 Å². The second kappa shape index (κ2) is 6.64. The third-order valence-corrected chi connectivity index (χ3v) is 3.51. The Hall–Kier alpha value is -2.64. The molecule has 0 aliphatic carbocycles. The lowest BCUT2D eigenvalue weighted by molar-refractivity contribution is -0.384. The number of benzene rings is 2. The van der Waals surface area contributed by atoms with E-state index in [0.717, 1.165) is 12.1 Å². The Labute approximate surface area is 139 Å². The molecule has 0 bridgehead atoms. The Kier molecular flexibility index (Phi) is 4.83. The van der Waals surface area contributed by atoms with Crippen LogP contribution in [0, 0.1) is 10.1 Å². The summed E-state index contributed by atoms with van der Waals surface area (Å²) in [6.07, 6.45) is 0. The first-order valence-corrected chi connectivity index (χ1v) is 6.83. The van der Waals surface area contributed by atoms with Gasteiger partial charge in [-0.3, -0.25) is 14.9 Å². The van der Waals surface area contributed by atoms with Crippen LogP contribution in [-0.4, -0.2) is 21.9 Å². The lowest BCUT2D eigenvalue weighted by Crippen LogP contribution is -2.13. The van der Waals surface area contributed by atoms with Crippen LogP contribution in [0.4, 0.5) is 11.4 Å². The third kappa shape index (κ3) is 3.77. The van der Waals surface area contributed by atoms with Gasteiger partial charge in [0.05, 0.1) is 26.1 Å². The van der Waals surface area contributed by atoms with Gasteiger partial charge in [-0.2, -0.15) is 0 Å². The topological polar surface area (TPSA) is 110 Å².